The van der Waals surface area contributed by atoms with Crippen molar-refractivity contribution in [3.8, 4) is 28.3 Å². The van der Waals surface area contributed by atoms with E-state index in [9.17, 15) is 0 Å². The van der Waals surface area contributed by atoms with Crippen molar-refractivity contribution in [3.63, 3.8) is 0 Å². The second-order valence-corrected chi connectivity index (χ2v) is 7.66. The number of nitrogens with zero attached hydrogens (tertiary/aromatic N) is 4. The lowest BCUT2D eigenvalue weighted by molar-refractivity contribution is 0.229. The number of aromatic nitrogens is 5. The third-order valence-corrected chi connectivity index (χ3v) is 5.62. The van der Waals surface area contributed by atoms with Crippen LogP contribution in [0.3, 0.4) is 0 Å². The molecule has 0 amide bonds. The highest BCUT2D eigenvalue weighted by molar-refractivity contribution is 5.86. The van der Waals surface area contributed by atoms with Crippen LogP contribution in [0.15, 0.2) is 78.9 Å². The molecule has 1 N–H and O–H groups in total. The topological polar surface area (TPSA) is 76.6 Å². The molecule has 0 saturated heterocycles. The number of benzene rings is 3. The summed E-state index contributed by atoms with van der Waals surface area (Å²) < 4.78 is 6.41. The Balaban J connectivity index is 0.00000259. The van der Waals surface area contributed by atoms with Crippen LogP contribution in [0.5, 0.6) is 5.75 Å². The summed E-state index contributed by atoms with van der Waals surface area (Å²) in [6.07, 6.45) is 0.762. The molecule has 2 heterocycles. The number of halogens is 1. The van der Waals surface area contributed by atoms with Crippen LogP contribution in [0.1, 0.15) is 31.2 Å². The van der Waals surface area contributed by atoms with Gasteiger partial charge in [0.25, 0.3) is 0 Å². The fourth-order valence-corrected chi connectivity index (χ4v) is 3.88. The largest absolute Gasteiger partial charge is 0.485 e. The molecule has 3 aromatic carbocycles. The lowest BCUT2D eigenvalue weighted by Gasteiger charge is -2.18. The molecule has 7 heteroatoms. The van der Waals surface area contributed by atoms with Crippen LogP contribution in [0.4, 0.5) is 0 Å². The molecule has 5 rings (SSSR count). The van der Waals surface area contributed by atoms with Crippen LogP contribution < -0.4 is 4.74 Å². The van der Waals surface area contributed by atoms with Gasteiger partial charge in [0.1, 0.15) is 11.9 Å². The van der Waals surface area contributed by atoms with E-state index in [0.717, 1.165) is 51.0 Å². The molecule has 0 radical (unpaired) electrons. The first-order chi connectivity index (χ1) is 15.7. The molecule has 0 bridgehead atoms. The minimum absolute atomic E-state index is 0. The Morgan fingerprint density at radius 3 is 2.36 bits per heavy atom. The number of H-pyrrole nitrogens is 1. The van der Waals surface area contributed by atoms with Gasteiger partial charge in [-0.2, -0.15) is 0 Å². The van der Waals surface area contributed by atoms with E-state index in [1.54, 1.807) is 0 Å². The van der Waals surface area contributed by atoms with E-state index >= 15 is 0 Å². The van der Waals surface area contributed by atoms with E-state index in [1.807, 2.05) is 36.4 Å². The molecule has 2 aromatic heterocycles. The average Bonchev–Trinajstić information content (AvgIpc) is 3.39. The standard InChI is InChI=1S/C26H23N5O.ClH/c1-3-20-16-25(23-10-6-7-11-24(23)27-20)32-17(2)18-12-14-19(15-13-18)21-8-4-5-9-22(21)26-28-30-31-29-26;/h4-17H,3H2,1-2H3,(H,28,29,30,31);1H. The predicted molar refractivity (Wildman–Crippen MR) is 132 cm³/mol. The molecular formula is C26H24ClN5O. The number of nitrogens with one attached hydrogen (secondary N) is 1. The number of hydrogen-bond donors (Lipinski definition) is 1. The molecule has 166 valence electrons. The Kier molecular flexibility index (Phi) is 6.66. The highest BCUT2D eigenvalue weighted by Gasteiger charge is 2.14. The normalized spacial score (nSPS) is 11.7. The van der Waals surface area contributed by atoms with Gasteiger partial charge in [0, 0.05) is 22.7 Å². The Morgan fingerprint density at radius 1 is 0.909 bits per heavy atom. The van der Waals surface area contributed by atoms with Gasteiger partial charge >= 0.3 is 0 Å². The summed E-state index contributed by atoms with van der Waals surface area (Å²) in [6, 6.07) is 26.7. The van der Waals surface area contributed by atoms with E-state index in [2.05, 4.69) is 76.9 Å². The highest BCUT2D eigenvalue weighted by Crippen LogP contribution is 2.33. The van der Waals surface area contributed by atoms with Gasteiger partial charge in [0.2, 0.25) is 0 Å². The summed E-state index contributed by atoms with van der Waals surface area (Å²) in [6.45, 7) is 4.18. The number of tetrazole rings is 1. The molecule has 0 saturated carbocycles. The quantitative estimate of drug-likeness (QED) is 0.328. The fraction of sp³-hybridized carbons (Fsp3) is 0.154. The van der Waals surface area contributed by atoms with E-state index in [0.29, 0.717) is 5.82 Å². The molecule has 33 heavy (non-hydrogen) atoms. The number of ether oxygens (including phenoxy) is 1. The molecule has 0 fully saturated rings. The van der Waals surface area contributed by atoms with Crippen molar-refractivity contribution in [3.05, 3.63) is 90.1 Å². The maximum Gasteiger partial charge on any atom is 0.180 e. The van der Waals surface area contributed by atoms with Crippen molar-refractivity contribution in [1.82, 2.24) is 25.6 Å². The first kappa shape index (κ1) is 22.4. The molecule has 6 nitrogen and oxygen atoms in total. The predicted octanol–water partition coefficient (Wildman–Crippen LogP) is 6.21. The van der Waals surface area contributed by atoms with Crippen molar-refractivity contribution in [1.29, 1.82) is 0 Å². The summed E-state index contributed by atoms with van der Waals surface area (Å²) in [5.74, 6) is 1.52. The van der Waals surface area contributed by atoms with Crippen LogP contribution in [0.25, 0.3) is 33.4 Å². The molecular weight excluding hydrogens is 434 g/mol. The van der Waals surface area contributed by atoms with Crippen LogP contribution in [-0.2, 0) is 6.42 Å². The second-order valence-electron chi connectivity index (χ2n) is 7.66. The minimum Gasteiger partial charge on any atom is -0.485 e. The first-order valence-corrected chi connectivity index (χ1v) is 10.7. The average molecular weight is 458 g/mol. The Bertz CT molecular complexity index is 1350. The number of aryl methyl sites for hydroxylation is 1. The van der Waals surface area contributed by atoms with E-state index < -0.39 is 0 Å². The van der Waals surface area contributed by atoms with Gasteiger partial charge < -0.3 is 4.74 Å². The zero-order chi connectivity index (χ0) is 21.9. The molecule has 0 aliphatic rings. The summed E-state index contributed by atoms with van der Waals surface area (Å²) in [4.78, 5) is 4.71. The van der Waals surface area contributed by atoms with Gasteiger partial charge in [-0.05, 0) is 52.6 Å². The number of hydrogen-bond acceptors (Lipinski definition) is 5. The van der Waals surface area contributed by atoms with Crippen molar-refractivity contribution in [2.75, 3.05) is 0 Å². The fourth-order valence-electron chi connectivity index (χ4n) is 3.88. The van der Waals surface area contributed by atoms with Gasteiger partial charge in [-0.3, -0.25) is 4.98 Å². The summed E-state index contributed by atoms with van der Waals surface area (Å²) in [5, 5.41) is 15.3. The summed E-state index contributed by atoms with van der Waals surface area (Å²) in [5.41, 5.74) is 6.22. The van der Waals surface area contributed by atoms with E-state index in [4.69, 9.17) is 9.72 Å². The number of aromatic amines is 1. The molecule has 0 aliphatic carbocycles. The van der Waals surface area contributed by atoms with Crippen molar-refractivity contribution >= 4 is 23.3 Å². The van der Waals surface area contributed by atoms with Crippen LogP contribution in [-0.4, -0.2) is 25.6 Å². The third kappa shape index (κ3) is 4.56. The van der Waals surface area contributed by atoms with Gasteiger partial charge in [-0.25, -0.2) is 5.10 Å². The van der Waals surface area contributed by atoms with Crippen molar-refractivity contribution in [2.45, 2.75) is 26.4 Å². The lowest BCUT2D eigenvalue weighted by Crippen LogP contribution is -2.04. The number of pyridine rings is 1. The van der Waals surface area contributed by atoms with Gasteiger partial charge in [0.05, 0.1) is 5.52 Å². The zero-order valence-corrected chi connectivity index (χ0v) is 19.2. The molecule has 0 spiro atoms. The molecule has 1 unspecified atom stereocenters. The summed E-state index contributed by atoms with van der Waals surface area (Å²) in [7, 11) is 0. The molecule has 1 atom stereocenters. The first-order valence-electron chi connectivity index (χ1n) is 10.7. The Labute approximate surface area is 198 Å². The van der Waals surface area contributed by atoms with Gasteiger partial charge in [0.15, 0.2) is 5.82 Å². The Hall–Kier alpha value is -3.77. The summed E-state index contributed by atoms with van der Waals surface area (Å²) >= 11 is 0. The van der Waals surface area contributed by atoms with Crippen LogP contribution in [0.2, 0.25) is 0 Å². The molecule has 5 aromatic rings. The number of rotatable bonds is 6. The van der Waals surface area contributed by atoms with Crippen LogP contribution in [0, 0.1) is 0 Å². The van der Waals surface area contributed by atoms with E-state index in [-0.39, 0.29) is 18.5 Å². The van der Waals surface area contributed by atoms with Crippen LogP contribution >= 0.6 is 12.4 Å². The lowest BCUT2D eigenvalue weighted by atomic mass is 9.97. The van der Waals surface area contributed by atoms with Crippen molar-refractivity contribution in [2.24, 2.45) is 0 Å². The zero-order valence-electron chi connectivity index (χ0n) is 18.4. The minimum atomic E-state index is -0.103. The maximum absolute atomic E-state index is 6.41. The number of fused-ring (bicyclic) bond motifs is 1. The van der Waals surface area contributed by atoms with Crippen molar-refractivity contribution < 1.29 is 4.74 Å². The monoisotopic (exact) mass is 457 g/mol. The molecule has 0 aliphatic heterocycles. The maximum atomic E-state index is 6.41. The number of para-hydroxylation sites is 1. The SMILES string of the molecule is CCc1cc(OC(C)c2ccc(-c3ccccc3-c3nnn[nH]3)cc2)c2ccccc2n1.Cl. The van der Waals surface area contributed by atoms with Gasteiger partial charge in [-0.1, -0.05) is 67.6 Å². The van der Waals surface area contributed by atoms with E-state index in [1.165, 1.54) is 0 Å². The smallest absolute Gasteiger partial charge is 0.180 e. The highest BCUT2D eigenvalue weighted by atomic mass is 35.5. The Morgan fingerprint density at radius 2 is 1.64 bits per heavy atom. The second kappa shape index (κ2) is 9.79. The van der Waals surface area contributed by atoms with Gasteiger partial charge in [-0.15, -0.1) is 17.5 Å². The third-order valence-electron chi connectivity index (χ3n) is 5.62.